The third-order valence-electron chi connectivity index (χ3n) is 5.18. The predicted molar refractivity (Wildman–Crippen MR) is 116 cm³/mol. The minimum absolute atomic E-state index is 0.204. The molecule has 0 radical (unpaired) electrons. The van der Waals surface area contributed by atoms with Gasteiger partial charge in [-0.25, -0.2) is 15.0 Å². The number of benzene rings is 1. The van der Waals surface area contributed by atoms with Crippen LogP contribution in [0.4, 0.5) is 10.9 Å². The number of hydrogen-bond donors (Lipinski definition) is 1. The highest BCUT2D eigenvalue weighted by Crippen LogP contribution is 2.29. The molecular formula is C22H25N5OS. The van der Waals surface area contributed by atoms with Gasteiger partial charge >= 0.3 is 0 Å². The molecule has 0 aliphatic carbocycles. The second-order valence-corrected chi connectivity index (χ2v) is 8.68. The first kappa shape index (κ1) is 19.5. The molecule has 7 heteroatoms. The molecular weight excluding hydrogens is 382 g/mol. The number of carbonyl (C=O) groups excluding carboxylic acids is 1. The van der Waals surface area contributed by atoms with E-state index in [1.54, 1.807) is 11.3 Å². The van der Waals surface area contributed by atoms with E-state index in [2.05, 4.69) is 20.3 Å². The van der Waals surface area contributed by atoms with Crippen molar-refractivity contribution in [3.8, 4) is 0 Å². The summed E-state index contributed by atoms with van der Waals surface area (Å²) in [4.78, 5) is 29.3. The summed E-state index contributed by atoms with van der Waals surface area (Å²) in [7, 11) is 0. The maximum absolute atomic E-state index is 12.6. The lowest BCUT2D eigenvalue weighted by molar-refractivity contribution is -0.131. The average molecular weight is 408 g/mol. The van der Waals surface area contributed by atoms with Gasteiger partial charge in [0.15, 0.2) is 5.13 Å². The van der Waals surface area contributed by atoms with Crippen molar-refractivity contribution < 1.29 is 4.79 Å². The summed E-state index contributed by atoms with van der Waals surface area (Å²) in [6.07, 6.45) is 4.17. The number of aromatic nitrogens is 3. The number of nitrogens with one attached hydrogen (secondary N) is 1. The van der Waals surface area contributed by atoms with Gasteiger partial charge in [-0.15, -0.1) is 11.3 Å². The van der Waals surface area contributed by atoms with E-state index in [4.69, 9.17) is 0 Å². The lowest BCUT2D eigenvalue weighted by Gasteiger charge is -2.32. The summed E-state index contributed by atoms with van der Waals surface area (Å²) in [5.74, 6) is 2.08. The highest BCUT2D eigenvalue weighted by atomic mass is 32.1. The maximum Gasteiger partial charge on any atom is 0.226 e. The third kappa shape index (κ3) is 4.98. The number of hydrogen-bond acceptors (Lipinski definition) is 6. The largest absolute Gasteiger partial charge is 0.342 e. The van der Waals surface area contributed by atoms with Crippen LogP contribution in [-0.2, 0) is 11.2 Å². The van der Waals surface area contributed by atoms with Crippen LogP contribution in [-0.4, -0.2) is 38.8 Å². The number of amides is 1. The summed E-state index contributed by atoms with van der Waals surface area (Å²) < 4.78 is 0. The summed E-state index contributed by atoms with van der Waals surface area (Å²) in [6.45, 7) is 5.49. The van der Waals surface area contributed by atoms with E-state index in [1.807, 2.05) is 61.3 Å². The molecule has 1 aliphatic heterocycles. The van der Waals surface area contributed by atoms with Crippen LogP contribution in [0.5, 0.6) is 0 Å². The molecule has 2 aromatic heterocycles. The molecule has 1 aromatic carbocycles. The molecule has 1 N–H and O–H groups in total. The minimum atomic E-state index is 0.204. The first-order valence-corrected chi connectivity index (χ1v) is 10.8. The quantitative estimate of drug-likeness (QED) is 0.685. The smallest absolute Gasteiger partial charge is 0.226 e. The maximum atomic E-state index is 12.6. The molecule has 0 atom stereocenters. The number of aryl methyl sites for hydroxylation is 2. The van der Waals surface area contributed by atoms with Crippen molar-refractivity contribution in [1.82, 2.24) is 19.9 Å². The van der Waals surface area contributed by atoms with Gasteiger partial charge in [-0.1, -0.05) is 30.3 Å². The highest BCUT2D eigenvalue weighted by molar-refractivity contribution is 7.15. The van der Waals surface area contributed by atoms with E-state index in [-0.39, 0.29) is 5.91 Å². The van der Waals surface area contributed by atoms with Gasteiger partial charge in [0, 0.05) is 41.8 Å². The number of rotatable bonds is 5. The monoisotopic (exact) mass is 407 g/mol. The lowest BCUT2D eigenvalue weighted by atomic mass is 9.92. The van der Waals surface area contributed by atoms with Gasteiger partial charge in [-0.2, -0.15) is 0 Å². The van der Waals surface area contributed by atoms with Crippen LogP contribution < -0.4 is 5.32 Å². The number of piperidine rings is 1. The molecule has 1 fully saturated rings. The van der Waals surface area contributed by atoms with E-state index in [0.717, 1.165) is 58.8 Å². The zero-order valence-corrected chi connectivity index (χ0v) is 17.6. The molecule has 3 aromatic rings. The Balaban J connectivity index is 1.38. The van der Waals surface area contributed by atoms with Gasteiger partial charge < -0.3 is 10.2 Å². The Morgan fingerprint density at radius 3 is 2.62 bits per heavy atom. The molecule has 0 unspecified atom stereocenters. The molecule has 6 nitrogen and oxygen atoms in total. The standard InChI is InChI=1S/C22H25N5OS/c1-15-14-23-22(29-15)26-20-13-19(24-16(2)25-20)18-8-10-27(11-9-18)21(28)12-17-6-4-3-5-7-17/h3-7,13-14,18H,8-12H2,1-2H3,(H,23,24,25,26). The summed E-state index contributed by atoms with van der Waals surface area (Å²) in [6, 6.07) is 12.0. The normalized spacial score (nSPS) is 14.8. The molecule has 1 aliphatic rings. The van der Waals surface area contributed by atoms with Crippen molar-refractivity contribution in [3.05, 3.63) is 64.6 Å². The Hall–Kier alpha value is -2.80. The molecule has 1 amide bonds. The van der Waals surface area contributed by atoms with Gasteiger partial charge in [-0.05, 0) is 32.3 Å². The van der Waals surface area contributed by atoms with Crippen molar-refractivity contribution in [2.75, 3.05) is 18.4 Å². The zero-order chi connectivity index (χ0) is 20.2. The van der Waals surface area contributed by atoms with Crippen molar-refractivity contribution >= 4 is 28.2 Å². The summed E-state index contributed by atoms with van der Waals surface area (Å²) >= 11 is 1.61. The van der Waals surface area contributed by atoms with Crippen LogP contribution >= 0.6 is 11.3 Å². The van der Waals surface area contributed by atoms with Gasteiger partial charge in [0.1, 0.15) is 11.6 Å². The number of carbonyl (C=O) groups is 1. The highest BCUT2D eigenvalue weighted by Gasteiger charge is 2.25. The molecule has 3 heterocycles. The Kier molecular flexibility index (Phi) is 5.85. The second-order valence-electron chi connectivity index (χ2n) is 7.44. The molecule has 150 valence electrons. The fourth-order valence-corrected chi connectivity index (χ4v) is 4.36. The Bertz CT molecular complexity index is 980. The average Bonchev–Trinajstić information content (AvgIpc) is 3.13. The Morgan fingerprint density at radius 2 is 1.93 bits per heavy atom. The van der Waals surface area contributed by atoms with Crippen LogP contribution in [0.15, 0.2) is 42.6 Å². The van der Waals surface area contributed by atoms with Crippen molar-refractivity contribution in [1.29, 1.82) is 0 Å². The molecule has 0 spiro atoms. The van der Waals surface area contributed by atoms with Crippen LogP contribution in [0.25, 0.3) is 0 Å². The molecule has 4 rings (SSSR count). The first-order chi connectivity index (χ1) is 14.1. The third-order valence-corrected chi connectivity index (χ3v) is 6.01. The SMILES string of the molecule is Cc1nc(Nc2ncc(C)s2)cc(C2CCN(C(=O)Cc3ccccc3)CC2)n1. The second kappa shape index (κ2) is 8.69. The summed E-state index contributed by atoms with van der Waals surface area (Å²) in [5, 5.41) is 4.13. The van der Waals surface area contributed by atoms with Crippen molar-refractivity contribution in [3.63, 3.8) is 0 Å². The van der Waals surface area contributed by atoms with E-state index >= 15 is 0 Å². The van der Waals surface area contributed by atoms with Crippen LogP contribution in [0.2, 0.25) is 0 Å². The number of anilines is 2. The lowest BCUT2D eigenvalue weighted by Crippen LogP contribution is -2.39. The summed E-state index contributed by atoms with van der Waals surface area (Å²) in [5.41, 5.74) is 2.11. The number of nitrogens with zero attached hydrogens (tertiary/aromatic N) is 4. The van der Waals surface area contributed by atoms with Gasteiger partial charge in [-0.3, -0.25) is 4.79 Å². The molecule has 0 saturated carbocycles. The number of thiazole rings is 1. The van der Waals surface area contributed by atoms with Gasteiger partial charge in [0.2, 0.25) is 5.91 Å². The van der Waals surface area contributed by atoms with E-state index in [1.165, 1.54) is 0 Å². The van der Waals surface area contributed by atoms with Crippen LogP contribution in [0.3, 0.4) is 0 Å². The van der Waals surface area contributed by atoms with Crippen LogP contribution in [0, 0.1) is 13.8 Å². The van der Waals surface area contributed by atoms with Crippen molar-refractivity contribution in [2.45, 2.75) is 39.0 Å². The van der Waals surface area contributed by atoms with Gasteiger partial charge in [0.25, 0.3) is 0 Å². The number of likely N-dealkylation sites (tertiary alicyclic amines) is 1. The zero-order valence-electron chi connectivity index (χ0n) is 16.8. The topological polar surface area (TPSA) is 71.0 Å². The van der Waals surface area contributed by atoms with E-state index < -0.39 is 0 Å². The predicted octanol–water partition coefficient (Wildman–Crippen LogP) is 4.24. The fourth-order valence-electron chi connectivity index (χ4n) is 3.69. The van der Waals surface area contributed by atoms with E-state index in [0.29, 0.717) is 12.3 Å². The first-order valence-electron chi connectivity index (χ1n) is 9.93. The Labute approximate surface area is 175 Å². The molecule has 0 bridgehead atoms. The van der Waals surface area contributed by atoms with Crippen LogP contribution in [0.1, 0.15) is 40.7 Å². The van der Waals surface area contributed by atoms with E-state index in [9.17, 15) is 4.79 Å². The van der Waals surface area contributed by atoms with Crippen molar-refractivity contribution in [2.24, 2.45) is 0 Å². The minimum Gasteiger partial charge on any atom is -0.342 e. The Morgan fingerprint density at radius 1 is 1.17 bits per heavy atom. The fraction of sp³-hybridized carbons (Fsp3) is 0.364. The van der Waals surface area contributed by atoms with Gasteiger partial charge in [0.05, 0.1) is 6.42 Å². The molecule has 29 heavy (non-hydrogen) atoms. The molecule has 1 saturated heterocycles.